The van der Waals surface area contributed by atoms with Crippen molar-refractivity contribution in [1.29, 1.82) is 0 Å². The number of nitrogens with one attached hydrogen (secondary N) is 1. The highest BCUT2D eigenvalue weighted by Crippen LogP contribution is 2.38. The molecule has 1 rings (SSSR count). The van der Waals surface area contributed by atoms with Gasteiger partial charge in [-0.1, -0.05) is 74.7 Å². The van der Waals surface area contributed by atoms with Gasteiger partial charge >= 0.3 is 0 Å². The molecule has 0 fully saturated rings. The van der Waals surface area contributed by atoms with Gasteiger partial charge in [-0.15, -0.1) is 0 Å². The van der Waals surface area contributed by atoms with Gasteiger partial charge in [0.15, 0.2) is 0 Å². The van der Waals surface area contributed by atoms with Crippen molar-refractivity contribution in [2.75, 3.05) is 11.1 Å². The number of rotatable bonds is 6. The molecule has 5 N–H and O–H groups in total. The Hall–Kier alpha value is 0.150. The summed E-state index contributed by atoms with van der Waals surface area (Å²) in [6, 6.07) is 0. The molecule has 116 valence electrons. The number of hydrogen-bond acceptors (Lipinski definition) is 3. The first-order valence-corrected chi connectivity index (χ1v) is 10.7. The van der Waals surface area contributed by atoms with Crippen LogP contribution in [0.3, 0.4) is 0 Å². The molecule has 0 spiro atoms. The molecule has 0 saturated heterocycles. The van der Waals surface area contributed by atoms with Crippen LogP contribution < -0.4 is 16.8 Å². The first-order valence-electron chi connectivity index (χ1n) is 6.16. The van der Waals surface area contributed by atoms with Gasteiger partial charge in [0.05, 0.1) is 11.3 Å². The lowest BCUT2D eigenvalue weighted by atomic mass is 9.94. The lowest BCUT2D eigenvalue weighted by Gasteiger charge is -2.21. The predicted molar refractivity (Wildman–Crippen MR) is 111 cm³/mol. The number of anilines is 2. The van der Waals surface area contributed by atoms with Crippen molar-refractivity contribution in [3.05, 3.63) is 22.3 Å². The number of primary amides is 1. The van der Waals surface area contributed by atoms with Crippen LogP contribution in [-0.4, -0.2) is 11.8 Å². The highest BCUT2D eigenvalue weighted by molar-refractivity contribution is 14.1. The predicted octanol–water partition coefficient (Wildman–Crippen LogP) is 3.52. The van der Waals surface area contributed by atoms with Crippen LogP contribution in [0.15, 0.2) is 0 Å². The van der Waals surface area contributed by atoms with E-state index in [1.807, 2.05) is 0 Å². The van der Waals surface area contributed by atoms with E-state index >= 15 is 0 Å². The number of nitrogen functional groups attached to an aromatic ring is 1. The first kappa shape index (κ1) is 19.2. The monoisotopic (exact) mass is 627 g/mol. The number of hydrogen-bond donors (Lipinski definition) is 3. The molecule has 0 heterocycles. The first-order chi connectivity index (χ1) is 9.92. The summed E-state index contributed by atoms with van der Waals surface area (Å²) in [4.78, 5) is 23.7. The van der Waals surface area contributed by atoms with E-state index in [1.54, 1.807) is 6.92 Å². The lowest BCUT2D eigenvalue weighted by Crippen LogP contribution is -2.22. The summed E-state index contributed by atoms with van der Waals surface area (Å²) in [5.41, 5.74) is 15.8. The topological polar surface area (TPSA) is 98.2 Å². The number of carbonyl (C=O) groups excluding carboxylic acids is 2. The van der Waals surface area contributed by atoms with Gasteiger partial charge in [0.1, 0.15) is 0 Å². The van der Waals surface area contributed by atoms with E-state index in [0.717, 1.165) is 16.7 Å². The molecular formula is C13H16I3N3O2. The van der Waals surface area contributed by atoms with E-state index in [4.69, 9.17) is 11.5 Å². The molecule has 0 bridgehead atoms. The van der Waals surface area contributed by atoms with Crippen LogP contribution in [0, 0.1) is 0 Å². The van der Waals surface area contributed by atoms with Gasteiger partial charge in [0.2, 0.25) is 11.8 Å². The second-order valence-electron chi connectivity index (χ2n) is 4.27. The third kappa shape index (κ3) is 4.12. The third-order valence-electron chi connectivity index (χ3n) is 3.09. The maximum absolute atomic E-state index is 11.9. The number of amides is 2. The summed E-state index contributed by atoms with van der Waals surface area (Å²) in [6.45, 7) is 1.78. The van der Waals surface area contributed by atoms with Crippen LogP contribution >= 0.6 is 67.8 Å². The molecule has 0 aromatic heterocycles. The Kier molecular flexibility index (Phi) is 7.95. The van der Waals surface area contributed by atoms with Gasteiger partial charge < -0.3 is 16.8 Å². The maximum Gasteiger partial charge on any atom is 0.249 e. The van der Waals surface area contributed by atoms with Crippen LogP contribution in [0.4, 0.5) is 11.4 Å². The molecule has 21 heavy (non-hydrogen) atoms. The van der Waals surface area contributed by atoms with E-state index < -0.39 is 5.91 Å². The smallest absolute Gasteiger partial charge is 0.249 e. The van der Waals surface area contributed by atoms with Crippen LogP contribution in [0.2, 0.25) is 0 Å². The molecule has 0 unspecified atom stereocenters. The van der Waals surface area contributed by atoms with Crippen molar-refractivity contribution in [1.82, 2.24) is 0 Å². The minimum Gasteiger partial charge on any atom is -0.398 e. The third-order valence-corrected chi connectivity index (χ3v) is 5.38. The van der Waals surface area contributed by atoms with Crippen molar-refractivity contribution in [3.63, 3.8) is 0 Å². The summed E-state index contributed by atoms with van der Waals surface area (Å²) in [7, 11) is 0. The highest BCUT2D eigenvalue weighted by Gasteiger charge is 2.24. The quantitative estimate of drug-likeness (QED) is 0.256. The van der Waals surface area contributed by atoms with Crippen LogP contribution in [0.25, 0.3) is 0 Å². The molecule has 0 aliphatic heterocycles. The Morgan fingerprint density at radius 2 is 1.57 bits per heavy atom. The van der Waals surface area contributed by atoms with Crippen molar-refractivity contribution < 1.29 is 9.59 Å². The van der Waals surface area contributed by atoms with Gasteiger partial charge in [-0.05, 0) is 11.1 Å². The summed E-state index contributed by atoms with van der Waals surface area (Å²) < 4.78 is 1.81. The summed E-state index contributed by atoms with van der Waals surface area (Å²) in [5.74, 6) is -0.615. The Morgan fingerprint density at radius 3 is 1.95 bits per heavy atom. The van der Waals surface area contributed by atoms with Crippen molar-refractivity contribution >= 4 is 91.0 Å². The number of carbonyl (C=O) groups is 2. The SMILES string of the molecule is CCC(=O)Nc1c(CI)c(N)c(CI)c(C(N)=O)c1CI. The standard InChI is InChI=1S/C13H16I3N3O2/c1-2-9(20)19-12-7(4-15)10(13(18)21)6(3-14)11(17)8(12)5-16/h2-5,17H2,1H3,(H2,18,21)(H,19,20). The van der Waals surface area contributed by atoms with Crippen LogP contribution in [-0.2, 0) is 18.1 Å². The Bertz CT molecular complexity index is 577. The summed E-state index contributed by atoms with van der Waals surface area (Å²) >= 11 is 6.54. The van der Waals surface area contributed by atoms with Gasteiger partial charge in [-0.25, -0.2) is 0 Å². The lowest BCUT2D eigenvalue weighted by molar-refractivity contribution is -0.115. The minimum absolute atomic E-state index is 0.107. The molecular weight excluding hydrogens is 611 g/mol. The second kappa shape index (κ2) is 8.70. The molecule has 0 aliphatic carbocycles. The maximum atomic E-state index is 11.9. The van der Waals surface area contributed by atoms with E-state index in [1.165, 1.54) is 0 Å². The van der Waals surface area contributed by atoms with Crippen molar-refractivity contribution in [2.24, 2.45) is 5.73 Å². The summed E-state index contributed by atoms with van der Waals surface area (Å²) in [6.07, 6.45) is 0.362. The van der Waals surface area contributed by atoms with Gasteiger partial charge in [0.25, 0.3) is 0 Å². The normalized spacial score (nSPS) is 10.5. The van der Waals surface area contributed by atoms with Gasteiger partial charge in [-0.2, -0.15) is 0 Å². The fourth-order valence-corrected chi connectivity index (χ4v) is 4.38. The zero-order valence-corrected chi connectivity index (χ0v) is 17.9. The van der Waals surface area contributed by atoms with Crippen LogP contribution in [0.1, 0.15) is 40.4 Å². The minimum atomic E-state index is -0.507. The number of alkyl halides is 3. The Labute approximate surface area is 164 Å². The molecule has 1 aromatic carbocycles. The number of nitrogens with two attached hydrogens (primary N) is 2. The molecule has 0 radical (unpaired) electrons. The van der Waals surface area contributed by atoms with Gasteiger partial charge in [-0.3, -0.25) is 9.59 Å². The zero-order valence-electron chi connectivity index (χ0n) is 11.4. The van der Waals surface area contributed by atoms with Crippen LogP contribution in [0.5, 0.6) is 0 Å². The van der Waals surface area contributed by atoms with Crippen molar-refractivity contribution in [3.8, 4) is 0 Å². The molecule has 1 aromatic rings. The highest BCUT2D eigenvalue weighted by atomic mass is 127. The molecule has 8 heteroatoms. The van der Waals surface area contributed by atoms with Crippen molar-refractivity contribution in [2.45, 2.75) is 26.6 Å². The average molecular weight is 627 g/mol. The largest absolute Gasteiger partial charge is 0.398 e. The molecule has 0 atom stereocenters. The number of benzene rings is 1. The average Bonchev–Trinajstić information content (AvgIpc) is 2.46. The molecule has 5 nitrogen and oxygen atoms in total. The summed E-state index contributed by atoms with van der Waals surface area (Å²) in [5, 5.41) is 2.88. The Morgan fingerprint density at radius 1 is 1.05 bits per heavy atom. The van der Waals surface area contributed by atoms with Gasteiger partial charge in [0, 0.05) is 31.0 Å². The fourth-order valence-electron chi connectivity index (χ4n) is 2.03. The molecule has 2 amide bonds. The molecule has 0 aliphatic rings. The fraction of sp³-hybridized carbons (Fsp3) is 0.385. The zero-order chi connectivity index (χ0) is 16.2. The van der Waals surface area contributed by atoms with E-state index in [2.05, 4.69) is 73.1 Å². The number of halogens is 3. The molecule has 0 saturated carbocycles. The van der Waals surface area contributed by atoms with E-state index in [9.17, 15) is 9.59 Å². The Balaban J connectivity index is 3.74. The second-order valence-corrected chi connectivity index (χ2v) is 6.55. The van der Waals surface area contributed by atoms with E-state index in [0.29, 0.717) is 36.6 Å². The van der Waals surface area contributed by atoms with E-state index in [-0.39, 0.29) is 5.91 Å².